The number of ether oxygens (including phenoxy) is 1. The summed E-state index contributed by atoms with van der Waals surface area (Å²) in [5, 5.41) is 10.9. The fraction of sp³-hybridized carbons (Fsp3) is 0.333. The van der Waals surface area contributed by atoms with Crippen LogP contribution in [0.4, 0.5) is 0 Å². The van der Waals surface area contributed by atoms with Gasteiger partial charge in [-0.3, -0.25) is 4.79 Å². The molecule has 2 rings (SSSR count). The van der Waals surface area contributed by atoms with Crippen LogP contribution in [-0.2, 0) is 4.74 Å². The van der Waals surface area contributed by atoms with Crippen molar-refractivity contribution in [1.82, 2.24) is 9.88 Å². The molecule has 1 N–H and O–H groups in total. The van der Waals surface area contributed by atoms with E-state index in [0.717, 1.165) is 10.6 Å². The molecule has 1 aromatic rings. The number of nitrogens with zero attached hydrogens (tertiary/aromatic N) is 2. The van der Waals surface area contributed by atoms with Crippen molar-refractivity contribution in [1.29, 1.82) is 5.26 Å². The van der Waals surface area contributed by atoms with Crippen molar-refractivity contribution in [2.24, 2.45) is 0 Å². The summed E-state index contributed by atoms with van der Waals surface area (Å²) in [7, 11) is 5.18. The number of hydrogen-bond donors (Lipinski definition) is 1. The number of aromatic nitrogens is 1. The Labute approximate surface area is 131 Å². The van der Waals surface area contributed by atoms with Crippen LogP contribution in [0.2, 0.25) is 0 Å². The van der Waals surface area contributed by atoms with Gasteiger partial charge in [0.2, 0.25) is 5.78 Å². The SMILES string of the molecule is COC1C=c2cc(C(=O)/C(C#N)=C/N(C)C)[nH]c2=CC1Br. The van der Waals surface area contributed by atoms with Gasteiger partial charge in [-0.2, -0.15) is 5.26 Å². The van der Waals surface area contributed by atoms with E-state index < -0.39 is 0 Å². The summed E-state index contributed by atoms with van der Waals surface area (Å²) in [6.45, 7) is 0. The predicted octanol–water partition coefficient (Wildman–Crippen LogP) is 0.520. The number of ketones is 1. The Bertz CT molecular complexity index is 740. The number of methoxy groups -OCH3 is 1. The van der Waals surface area contributed by atoms with Gasteiger partial charge in [0.25, 0.3) is 0 Å². The van der Waals surface area contributed by atoms with E-state index in [0.29, 0.717) is 5.69 Å². The molecule has 0 amide bonds. The van der Waals surface area contributed by atoms with Gasteiger partial charge in [-0.15, -0.1) is 0 Å². The van der Waals surface area contributed by atoms with Crippen LogP contribution < -0.4 is 10.6 Å². The van der Waals surface area contributed by atoms with Crippen molar-refractivity contribution in [3.8, 4) is 6.07 Å². The highest BCUT2D eigenvalue weighted by atomic mass is 79.9. The second-order valence-corrected chi connectivity index (χ2v) is 6.03. The van der Waals surface area contributed by atoms with E-state index in [-0.39, 0.29) is 22.3 Å². The molecule has 6 heteroatoms. The number of alkyl halides is 1. The average molecular weight is 350 g/mol. The summed E-state index contributed by atoms with van der Waals surface area (Å²) in [5.41, 5.74) is 0.496. The van der Waals surface area contributed by atoms with Crippen LogP contribution >= 0.6 is 15.9 Å². The summed E-state index contributed by atoms with van der Waals surface area (Å²) in [6, 6.07) is 3.69. The molecule has 1 aromatic heterocycles. The van der Waals surface area contributed by atoms with Crippen LogP contribution in [0.1, 0.15) is 10.5 Å². The Morgan fingerprint density at radius 1 is 1.52 bits per heavy atom. The van der Waals surface area contributed by atoms with E-state index in [2.05, 4.69) is 20.9 Å². The number of H-pyrrole nitrogens is 1. The van der Waals surface area contributed by atoms with Gasteiger partial charge in [-0.25, -0.2) is 0 Å². The number of rotatable bonds is 4. The normalized spacial score (nSPS) is 20.8. The molecule has 2 atom stereocenters. The molecule has 21 heavy (non-hydrogen) atoms. The number of fused-ring (bicyclic) bond motifs is 1. The third kappa shape index (κ3) is 3.26. The number of aromatic amines is 1. The highest BCUT2D eigenvalue weighted by molar-refractivity contribution is 9.09. The van der Waals surface area contributed by atoms with E-state index in [9.17, 15) is 4.79 Å². The fourth-order valence-corrected chi connectivity index (χ4v) is 2.78. The Morgan fingerprint density at radius 2 is 2.24 bits per heavy atom. The lowest BCUT2D eigenvalue weighted by molar-refractivity contribution is 0.103. The van der Waals surface area contributed by atoms with Crippen LogP contribution in [0.3, 0.4) is 0 Å². The van der Waals surface area contributed by atoms with E-state index >= 15 is 0 Å². The molecular weight excluding hydrogens is 334 g/mol. The average Bonchev–Trinajstić information content (AvgIpc) is 2.85. The zero-order valence-electron chi connectivity index (χ0n) is 12.1. The summed E-state index contributed by atoms with van der Waals surface area (Å²) in [6.07, 6.45) is 5.34. The molecule has 0 aromatic carbocycles. The van der Waals surface area contributed by atoms with E-state index in [1.54, 1.807) is 32.2 Å². The second kappa shape index (κ2) is 6.29. The predicted molar refractivity (Wildman–Crippen MR) is 84.2 cm³/mol. The zero-order chi connectivity index (χ0) is 15.6. The number of nitriles is 1. The molecule has 5 nitrogen and oxygen atoms in total. The quantitative estimate of drug-likeness (QED) is 0.372. The van der Waals surface area contributed by atoms with Gasteiger partial charge in [-0.05, 0) is 23.4 Å². The Balaban J connectivity index is 2.44. The minimum atomic E-state index is -0.317. The topological polar surface area (TPSA) is 69.1 Å². The zero-order valence-corrected chi connectivity index (χ0v) is 13.6. The molecule has 0 fully saturated rings. The van der Waals surface area contributed by atoms with Crippen molar-refractivity contribution in [2.75, 3.05) is 21.2 Å². The minimum absolute atomic E-state index is 0.0457. The van der Waals surface area contributed by atoms with Crippen molar-refractivity contribution in [2.45, 2.75) is 10.9 Å². The van der Waals surface area contributed by atoms with Gasteiger partial charge in [0, 0.05) is 32.8 Å². The first kappa shape index (κ1) is 15.5. The molecule has 0 saturated carbocycles. The highest BCUT2D eigenvalue weighted by Gasteiger charge is 2.20. The van der Waals surface area contributed by atoms with E-state index in [4.69, 9.17) is 10.00 Å². The highest BCUT2D eigenvalue weighted by Crippen LogP contribution is 2.14. The molecule has 1 aliphatic rings. The molecule has 2 unspecified atom stereocenters. The second-order valence-electron chi connectivity index (χ2n) is 4.98. The molecule has 0 aliphatic heterocycles. The first-order chi connectivity index (χ1) is 9.96. The number of carbonyl (C=O) groups is 1. The van der Waals surface area contributed by atoms with Crippen molar-refractivity contribution in [3.05, 3.63) is 34.1 Å². The lowest BCUT2D eigenvalue weighted by Gasteiger charge is -2.16. The van der Waals surface area contributed by atoms with Crippen molar-refractivity contribution in [3.63, 3.8) is 0 Å². The molecule has 0 spiro atoms. The van der Waals surface area contributed by atoms with E-state index in [1.807, 2.05) is 18.2 Å². The Morgan fingerprint density at radius 3 is 2.81 bits per heavy atom. The molecule has 0 bridgehead atoms. The maximum Gasteiger partial charge on any atom is 0.221 e. The van der Waals surface area contributed by atoms with Crippen LogP contribution in [-0.4, -0.2) is 47.8 Å². The molecule has 1 heterocycles. The number of hydrogen-bond acceptors (Lipinski definition) is 4. The lowest BCUT2D eigenvalue weighted by atomic mass is 10.1. The lowest BCUT2D eigenvalue weighted by Crippen LogP contribution is -2.35. The van der Waals surface area contributed by atoms with Crippen LogP contribution in [0.5, 0.6) is 0 Å². The summed E-state index contributed by atoms with van der Waals surface area (Å²) in [4.78, 5) is 17.1. The van der Waals surface area contributed by atoms with Crippen LogP contribution in [0.15, 0.2) is 17.8 Å². The number of carbonyl (C=O) groups excluding carboxylic acids is 1. The van der Waals surface area contributed by atoms with Gasteiger partial charge in [-0.1, -0.05) is 15.9 Å². The third-order valence-corrected chi connectivity index (χ3v) is 3.92. The minimum Gasteiger partial charge on any atom is -0.382 e. The summed E-state index contributed by atoms with van der Waals surface area (Å²) in [5.74, 6) is -0.317. The van der Waals surface area contributed by atoms with Gasteiger partial charge in [0.1, 0.15) is 11.6 Å². The number of halogens is 1. The summed E-state index contributed by atoms with van der Waals surface area (Å²) < 4.78 is 5.35. The third-order valence-electron chi connectivity index (χ3n) is 3.13. The van der Waals surface area contributed by atoms with Gasteiger partial charge < -0.3 is 14.6 Å². The monoisotopic (exact) mass is 349 g/mol. The van der Waals surface area contributed by atoms with Crippen molar-refractivity contribution < 1.29 is 9.53 Å². The molecule has 110 valence electrons. The smallest absolute Gasteiger partial charge is 0.221 e. The maximum absolute atomic E-state index is 12.3. The number of nitrogens with one attached hydrogen (secondary N) is 1. The molecule has 1 aliphatic carbocycles. The Hall–Kier alpha value is -1.84. The van der Waals surface area contributed by atoms with Crippen LogP contribution in [0, 0.1) is 11.3 Å². The Kier molecular flexibility index (Phi) is 4.66. The van der Waals surface area contributed by atoms with Gasteiger partial charge >= 0.3 is 0 Å². The first-order valence-corrected chi connectivity index (χ1v) is 7.30. The van der Waals surface area contributed by atoms with Crippen molar-refractivity contribution >= 4 is 33.9 Å². The summed E-state index contributed by atoms with van der Waals surface area (Å²) >= 11 is 3.52. The van der Waals surface area contributed by atoms with Gasteiger partial charge in [0.15, 0.2) is 0 Å². The number of allylic oxidation sites excluding steroid dienone is 1. The van der Waals surface area contributed by atoms with E-state index in [1.165, 1.54) is 6.20 Å². The first-order valence-electron chi connectivity index (χ1n) is 6.39. The molecule has 0 saturated heterocycles. The molecular formula is C15H16BrN3O2. The van der Waals surface area contributed by atoms with Crippen LogP contribution in [0.25, 0.3) is 12.2 Å². The number of Topliss-reactive ketones (excluding diaryl/α,β-unsaturated/α-hetero) is 1. The fourth-order valence-electron chi connectivity index (χ4n) is 2.15. The standard InChI is InChI=1S/C15H16BrN3O2/c1-19(2)8-10(7-17)15(20)13-4-9-5-14(21-3)11(16)6-12(9)18-13/h4-6,8,11,14,18H,1-3H3/b10-8+. The largest absolute Gasteiger partial charge is 0.382 e. The maximum atomic E-state index is 12.3. The molecule has 0 radical (unpaired) electrons. The van der Waals surface area contributed by atoms with Gasteiger partial charge in [0.05, 0.1) is 16.6 Å².